The largest absolute Gasteiger partial charge is 0.462 e. The van der Waals surface area contributed by atoms with Gasteiger partial charge in [-0.25, -0.2) is 0 Å². The fourth-order valence-corrected chi connectivity index (χ4v) is 9.96. The molecule has 0 aliphatic carbocycles. The number of hydrogen-bond donors (Lipinski definition) is 0. The van der Waals surface area contributed by atoms with Gasteiger partial charge in [0.25, 0.3) is 0 Å². The molecule has 0 aromatic heterocycles. The topological polar surface area (TPSA) is 78.9 Å². The fourth-order valence-electron chi connectivity index (χ4n) is 9.96. The highest BCUT2D eigenvalue weighted by atomic mass is 16.6. The zero-order valence-electron chi connectivity index (χ0n) is 53.5. The maximum absolute atomic E-state index is 12.9. The van der Waals surface area contributed by atoms with Gasteiger partial charge < -0.3 is 14.2 Å². The molecule has 1 atom stereocenters. The molecule has 0 saturated heterocycles. The van der Waals surface area contributed by atoms with Gasteiger partial charge in [0.05, 0.1) is 0 Å². The Labute approximate surface area is 502 Å². The number of carbonyl (C=O) groups excluding carboxylic acids is 3. The molecule has 81 heavy (non-hydrogen) atoms. The van der Waals surface area contributed by atoms with Crippen LogP contribution in [0.1, 0.15) is 342 Å². The number of allylic oxidation sites excluding steroid dienone is 16. The molecule has 0 aliphatic rings. The molecule has 1 unspecified atom stereocenters. The molecule has 0 aromatic carbocycles. The van der Waals surface area contributed by atoms with Crippen molar-refractivity contribution in [1.82, 2.24) is 0 Å². The van der Waals surface area contributed by atoms with Gasteiger partial charge in [-0.1, -0.05) is 323 Å². The Morgan fingerprint density at radius 1 is 0.259 bits per heavy atom. The first-order valence-corrected chi connectivity index (χ1v) is 34.7. The van der Waals surface area contributed by atoms with E-state index < -0.39 is 6.10 Å². The zero-order chi connectivity index (χ0) is 58.5. The molecule has 0 spiro atoms. The summed E-state index contributed by atoms with van der Waals surface area (Å²) in [6.45, 7) is 6.37. The number of esters is 3. The van der Waals surface area contributed by atoms with Crippen molar-refractivity contribution in [3.05, 3.63) is 97.2 Å². The smallest absolute Gasteiger partial charge is 0.306 e. The SMILES string of the molecule is CC/C=C\C/C=C\C/C=C\C/C=C\CCCCCCCCCCCCCCCCCCCCC(=O)OCC(COC(=O)CCCCCCC)OC(=O)CCCCCCCCCCCCCCCC/C=C\C/C=C\C/C=C\C/C=C\CC. The summed E-state index contributed by atoms with van der Waals surface area (Å²) in [5.41, 5.74) is 0. The van der Waals surface area contributed by atoms with E-state index in [9.17, 15) is 14.4 Å². The first-order chi connectivity index (χ1) is 40.0. The van der Waals surface area contributed by atoms with Crippen molar-refractivity contribution in [2.45, 2.75) is 348 Å². The average molecular weight is 1130 g/mol. The first kappa shape index (κ1) is 77.3. The maximum Gasteiger partial charge on any atom is 0.306 e. The van der Waals surface area contributed by atoms with Crippen molar-refractivity contribution >= 4 is 17.9 Å². The van der Waals surface area contributed by atoms with E-state index in [4.69, 9.17) is 14.2 Å². The van der Waals surface area contributed by atoms with Crippen molar-refractivity contribution in [3.8, 4) is 0 Å². The van der Waals surface area contributed by atoms with Crippen LogP contribution in [0, 0.1) is 0 Å². The van der Waals surface area contributed by atoms with Crippen LogP contribution in [-0.2, 0) is 28.6 Å². The average Bonchev–Trinajstić information content (AvgIpc) is 3.47. The van der Waals surface area contributed by atoms with Crippen molar-refractivity contribution < 1.29 is 28.6 Å². The minimum Gasteiger partial charge on any atom is -0.462 e. The molecule has 0 rings (SSSR count). The quantitative estimate of drug-likeness (QED) is 0.0261. The summed E-state index contributed by atoms with van der Waals surface area (Å²) < 4.78 is 16.8. The number of carbonyl (C=O) groups is 3. The van der Waals surface area contributed by atoms with Crippen molar-refractivity contribution in [2.24, 2.45) is 0 Å². The van der Waals surface area contributed by atoms with Crippen LogP contribution in [0.4, 0.5) is 0 Å². The molecular weight excluding hydrogens is 997 g/mol. The van der Waals surface area contributed by atoms with Gasteiger partial charge in [0.1, 0.15) is 13.2 Å². The molecule has 6 heteroatoms. The van der Waals surface area contributed by atoms with Crippen LogP contribution >= 0.6 is 0 Å². The summed E-state index contributed by atoms with van der Waals surface area (Å²) in [5.74, 6) is -0.873. The minimum absolute atomic E-state index is 0.0732. The van der Waals surface area contributed by atoms with Gasteiger partial charge in [-0.15, -0.1) is 0 Å². The van der Waals surface area contributed by atoms with Crippen LogP contribution in [0.2, 0.25) is 0 Å². The van der Waals surface area contributed by atoms with E-state index >= 15 is 0 Å². The second kappa shape index (κ2) is 68.8. The van der Waals surface area contributed by atoms with E-state index in [2.05, 4.69) is 118 Å². The molecule has 6 nitrogen and oxygen atoms in total. The number of hydrogen-bond acceptors (Lipinski definition) is 6. The summed E-state index contributed by atoms with van der Waals surface area (Å²) in [4.78, 5) is 38.0. The maximum atomic E-state index is 12.9. The number of ether oxygens (including phenoxy) is 3. The lowest BCUT2D eigenvalue weighted by Gasteiger charge is -2.18. The van der Waals surface area contributed by atoms with E-state index in [0.29, 0.717) is 19.3 Å². The van der Waals surface area contributed by atoms with E-state index in [1.165, 1.54) is 186 Å². The predicted molar refractivity (Wildman–Crippen MR) is 353 cm³/mol. The standard InChI is InChI=1S/C75H130O6/c1-4-7-10-13-15-17-19-21-23-25-27-29-31-33-35-36-37-38-40-41-43-45-47-49-51-53-55-57-59-62-65-68-74(77)80-71-72(70-79-73(76)67-64-61-12-9-6-3)81-75(78)69-66-63-60-58-56-54-52-50-48-46-44-42-39-34-32-30-28-26-24-22-20-18-16-14-11-8-5-2/h7-8,10-11,15-18,21-24,27-30,72H,4-6,9,12-14,19-20,25-26,31-71H2,1-3H3/b10-7-,11-8-,17-15-,18-16-,23-21-,24-22-,29-27-,30-28-. The summed E-state index contributed by atoms with van der Waals surface area (Å²) in [6, 6.07) is 0. The molecule has 466 valence electrons. The van der Waals surface area contributed by atoms with Gasteiger partial charge in [-0.05, 0) is 96.3 Å². The lowest BCUT2D eigenvalue weighted by Crippen LogP contribution is -2.30. The lowest BCUT2D eigenvalue weighted by molar-refractivity contribution is -0.167. The van der Waals surface area contributed by atoms with E-state index in [-0.39, 0.29) is 31.1 Å². The van der Waals surface area contributed by atoms with E-state index in [0.717, 1.165) is 116 Å². The summed E-state index contributed by atoms with van der Waals surface area (Å²) in [6.07, 6.45) is 93.5. The Bertz CT molecular complexity index is 1580. The second-order valence-corrected chi connectivity index (χ2v) is 23.0. The highest BCUT2D eigenvalue weighted by molar-refractivity contribution is 5.71. The van der Waals surface area contributed by atoms with Crippen LogP contribution < -0.4 is 0 Å². The molecule has 0 heterocycles. The lowest BCUT2D eigenvalue weighted by atomic mass is 10.0. The number of unbranched alkanes of at least 4 members (excludes halogenated alkanes) is 36. The van der Waals surface area contributed by atoms with E-state index in [1.807, 2.05) is 0 Å². The Morgan fingerprint density at radius 2 is 0.481 bits per heavy atom. The van der Waals surface area contributed by atoms with Gasteiger partial charge in [0.15, 0.2) is 6.10 Å². The molecule has 0 aromatic rings. The third kappa shape index (κ3) is 67.0. The van der Waals surface area contributed by atoms with Crippen LogP contribution in [0.5, 0.6) is 0 Å². The molecule has 0 fully saturated rings. The molecular formula is C75H130O6. The van der Waals surface area contributed by atoms with E-state index in [1.54, 1.807) is 0 Å². The van der Waals surface area contributed by atoms with Gasteiger partial charge in [-0.2, -0.15) is 0 Å². The highest BCUT2D eigenvalue weighted by Gasteiger charge is 2.19. The van der Waals surface area contributed by atoms with Crippen LogP contribution in [0.15, 0.2) is 97.2 Å². The Hall–Kier alpha value is -3.67. The monoisotopic (exact) mass is 1130 g/mol. The molecule has 0 amide bonds. The Balaban J connectivity index is 3.95. The van der Waals surface area contributed by atoms with Gasteiger partial charge >= 0.3 is 17.9 Å². The van der Waals surface area contributed by atoms with Crippen LogP contribution in [0.25, 0.3) is 0 Å². The fraction of sp³-hybridized carbons (Fsp3) is 0.747. The summed E-state index contributed by atoms with van der Waals surface area (Å²) >= 11 is 0. The summed E-state index contributed by atoms with van der Waals surface area (Å²) in [7, 11) is 0. The summed E-state index contributed by atoms with van der Waals surface area (Å²) in [5, 5.41) is 0. The Morgan fingerprint density at radius 3 is 0.753 bits per heavy atom. The molecule has 0 radical (unpaired) electrons. The minimum atomic E-state index is -0.773. The highest BCUT2D eigenvalue weighted by Crippen LogP contribution is 2.18. The first-order valence-electron chi connectivity index (χ1n) is 34.7. The van der Waals surface area contributed by atoms with Gasteiger partial charge in [0.2, 0.25) is 0 Å². The number of rotatable bonds is 63. The van der Waals surface area contributed by atoms with Crippen molar-refractivity contribution in [2.75, 3.05) is 13.2 Å². The normalized spacial score (nSPS) is 12.7. The zero-order valence-corrected chi connectivity index (χ0v) is 53.5. The third-order valence-corrected chi connectivity index (χ3v) is 15.1. The van der Waals surface area contributed by atoms with Crippen LogP contribution in [-0.4, -0.2) is 37.2 Å². The van der Waals surface area contributed by atoms with Crippen molar-refractivity contribution in [1.29, 1.82) is 0 Å². The van der Waals surface area contributed by atoms with Crippen molar-refractivity contribution in [3.63, 3.8) is 0 Å². The second-order valence-electron chi connectivity index (χ2n) is 23.0. The third-order valence-electron chi connectivity index (χ3n) is 15.1. The Kier molecular flexibility index (Phi) is 65.7. The molecule has 0 saturated carbocycles. The molecule has 0 aliphatic heterocycles. The van der Waals surface area contributed by atoms with Crippen LogP contribution in [0.3, 0.4) is 0 Å². The molecule has 0 bridgehead atoms. The van der Waals surface area contributed by atoms with Gasteiger partial charge in [-0.3, -0.25) is 14.4 Å². The predicted octanol–water partition coefficient (Wildman–Crippen LogP) is 24.0. The van der Waals surface area contributed by atoms with Gasteiger partial charge in [0, 0.05) is 19.3 Å². The molecule has 0 N–H and O–H groups in total.